The SMILES string of the molecule is Cc1c(CC(=O)O)c(=O)c2c(F)ccc(F)c2n1CCO. The number of aliphatic carboxylic acids is 1. The van der Waals surface area contributed by atoms with E-state index in [0.717, 1.165) is 12.1 Å². The molecule has 112 valence electrons. The van der Waals surface area contributed by atoms with Gasteiger partial charge in [0.25, 0.3) is 0 Å². The summed E-state index contributed by atoms with van der Waals surface area (Å²) in [7, 11) is 0. The fourth-order valence-corrected chi connectivity index (χ4v) is 2.41. The van der Waals surface area contributed by atoms with Crippen LogP contribution in [0.2, 0.25) is 0 Å². The largest absolute Gasteiger partial charge is 0.481 e. The first-order valence-electron chi connectivity index (χ1n) is 6.21. The zero-order valence-electron chi connectivity index (χ0n) is 11.2. The maximum absolute atomic E-state index is 14.0. The van der Waals surface area contributed by atoms with E-state index >= 15 is 0 Å². The lowest BCUT2D eigenvalue weighted by Crippen LogP contribution is -2.23. The van der Waals surface area contributed by atoms with Crippen LogP contribution in [0.3, 0.4) is 0 Å². The van der Waals surface area contributed by atoms with Gasteiger partial charge in [-0.15, -0.1) is 0 Å². The summed E-state index contributed by atoms with van der Waals surface area (Å²) >= 11 is 0. The maximum Gasteiger partial charge on any atom is 0.308 e. The number of carboxylic acid groups (broad SMARTS) is 1. The van der Waals surface area contributed by atoms with Crippen LogP contribution in [0.5, 0.6) is 0 Å². The molecule has 0 unspecified atom stereocenters. The lowest BCUT2D eigenvalue weighted by molar-refractivity contribution is -0.136. The Labute approximate surface area is 118 Å². The molecule has 0 atom stereocenters. The second-order valence-corrected chi connectivity index (χ2v) is 4.59. The molecule has 0 bridgehead atoms. The highest BCUT2D eigenvalue weighted by atomic mass is 19.1. The van der Waals surface area contributed by atoms with E-state index in [0.29, 0.717) is 0 Å². The van der Waals surface area contributed by atoms with Gasteiger partial charge in [0.15, 0.2) is 5.43 Å². The second kappa shape index (κ2) is 5.61. The zero-order chi connectivity index (χ0) is 15.7. The monoisotopic (exact) mass is 297 g/mol. The minimum absolute atomic E-state index is 0.0738. The highest BCUT2D eigenvalue weighted by molar-refractivity contribution is 5.83. The predicted octanol–water partition coefficient (Wildman–Crippen LogP) is 1.21. The van der Waals surface area contributed by atoms with Crippen molar-refractivity contribution < 1.29 is 23.8 Å². The molecule has 2 rings (SSSR count). The first-order valence-corrected chi connectivity index (χ1v) is 6.21. The standard InChI is InChI=1S/C14H13F2NO4/c1-7-8(6-11(19)20)14(21)12-9(15)2-3-10(16)13(12)17(7)4-5-18/h2-3,18H,4-6H2,1H3,(H,19,20). The molecule has 0 radical (unpaired) electrons. The van der Waals surface area contributed by atoms with Crippen LogP contribution >= 0.6 is 0 Å². The summed E-state index contributed by atoms with van der Waals surface area (Å²) in [5, 5.41) is 17.4. The molecule has 21 heavy (non-hydrogen) atoms. The molecule has 2 N–H and O–H groups in total. The van der Waals surface area contributed by atoms with Crippen LogP contribution in [-0.2, 0) is 17.8 Å². The van der Waals surface area contributed by atoms with Crippen molar-refractivity contribution in [3.8, 4) is 0 Å². The molecule has 7 heteroatoms. The number of benzene rings is 1. The number of carboxylic acids is 1. The van der Waals surface area contributed by atoms with Crippen molar-refractivity contribution >= 4 is 16.9 Å². The van der Waals surface area contributed by atoms with E-state index in [1.165, 1.54) is 11.5 Å². The number of nitrogens with zero attached hydrogens (tertiary/aromatic N) is 1. The Kier molecular flexibility index (Phi) is 4.04. The van der Waals surface area contributed by atoms with Crippen molar-refractivity contribution in [3.63, 3.8) is 0 Å². The third-order valence-corrected chi connectivity index (χ3v) is 3.34. The quantitative estimate of drug-likeness (QED) is 0.889. The first kappa shape index (κ1) is 15.1. The average molecular weight is 297 g/mol. The molecule has 0 aliphatic carbocycles. The van der Waals surface area contributed by atoms with Gasteiger partial charge in [-0.1, -0.05) is 0 Å². The van der Waals surface area contributed by atoms with Gasteiger partial charge in [0.1, 0.15) is 11.6 Å². The van der Waals surface area contributed by atoms with Gasteiger partial charge in [0.2, 0.25) is 0 Å². The molecular formula is C14H13F2NO4. The molecule has 1 heterocycles. The highest BCUT2D eigenvalue weighted by Crippen LogP contribution is 2.22. The number of fused-ring (bicyclic) bond motifs is 1. The minimum Gasteiger partial charge on any atom is -0.481 e. The molecular weight excluding hydrogens is 284 g/mol. The van der Waals surface area contributed by atoms with Crippen LogP contribution in [0, 0.1) is 18.6 Å². The van der Waals surface area contributed by atoms with Crippen LogP contribution in [-0.4, -0.2) is 27.4 Å². The van der Waals surface area contributed by atoms with Crippen LogP contribution in [0.15, 0.2) is 16.9 Å². The molecule has 0 aliphatic heterocycles. The topological polar surface area (TPSA) is 79.5 Å². The van der Waals surface area contributed by atoms with E-state index in [2.05, 4.69) is 0 Å². The summed E-state index contributed by atoms with van der Waals surface area (Å²) in [4.78, 5) is 23.1. The molecule has 1 aromatic carbocycles. The van der Waals surface area contributed by atoms with Gasteiger partial charge in [-0.3, -0.25) is 9.59 Å². The Balaban J connectivity index is 2.99. The summed E-state index contributed by atoms with van der Waals surface area (Å²) in [6, 6.07) is 1.71. The van der Waals surface area contributed by atoms with E-state index < -0.39 is 34.8 Å². The Hall–Kier alpha value is -2.28. The predicted molar refractivity (Wildman–Crippen MR) is 71.3 cm³/mol. The van der Waals surface area contributed by atoms with Crippen LogP contribution in [0.1, 0.15) is 11.3 Å². The third kappa shape index (κ3) is 2.52. The average Bonchev–Trinajstić information content (AvgIpc) is 2.42. The molecule has 0 saturated carbocycles. The molecule has 2 aromatic rings. The molecule has 0 aliphatic rings. The van der Waals surface area contributed by atoms with E-state index in [1.807, 2.05) is 0 Å². The van der Waals surface area contributed by atoms with Gasteiger partial charge in [-0.25, -0.2) is 8.78 Å². The zero-order valence-corrected chi connectivity index (χ0v) is 11.2. The van der Waals surface area contributed by atoms with E-state index in [9.17, 15) is 18.4 Å². The number of hydrogen-bond acceptors (Lipinski definition) is 3. The number of pyridine rings is 1. The van der Waals surface area contributed by atoms with Crippen LogP contribution in [0.25, 0.3) is 10.9 Å². The van der Waals surface area contributed by atoms with Gasteiger partial charge in [0, 0.05) is 17.8 Å². The Morgan fingerprint density at radius 1 is 1.29 bits per heavy atom. The molecule has 5 nitrogen and oxygen atoms in total. The summed E-state index contributed by atoms with van der Waals surface area (Å²) < 4.78 is 29.1. The van der Waals surface area contributed by atoms with Crippen molar-refractivity contribution in [1.82, 2.24) is 4.57 Å². The van der Waals surface area contributed by atoms with Crippen molar-refractivity contribution in [3.05, 3.63) is 45.2 Å². The van der Waals surface area contributed by atoms with Crippen molar-refractivity contribution in [2.45, 2.75) is 19.9 Å². The van der Waals surface area contributed by atoms with Crippen molar-refractivity contribution in [2.24, 2.45) is 0 Å². The molecule has 0 spiro atoms. The lowest BCUT2D eigenvalue weighted by atomic mass is 10.0. The Morgan fingerprint density at radius 3 is 2.48 bits per heavy atom. The molecule has 0 saturated heterocycles. The molecule has 0 fully saturated rings. The number of aliphatic hydroxyl groups is 1. The van der Waals surface area contributed by atoms with Gasteiger partial charge >= 0.3 is 5.97 Å². The second-order valence-electron chi connectivity index (χ2n) is 4.59. The molecule has 1 aromatic heterocycles. The number of aliphatic hydroxyl groups excluding tert-OH is 1. The fraction of sp³-hybridized carbons (Fsp3) is 0.286. The van der Waals surface area contributed by atoms with E-state index in [-0.39, 0.29) is 29.9 Å². The molecule has 0 amide bonds. The fourth-order valence-electron chi connectivity index (χ4n) is 2.41. The van der Waals surface area contributed by atoms with Gasteiger partial charge in [0.05, 0.1) is 23.9 Å². The minimum atomic E-state index is -1.25. The lowest BCUT2D eigenvalue weighted by Gasteiger charge is -2.17. The Morgan fingerprint density at radius 2 is 1.90 bits per heavy atom. The van der Waals surface area contributed by atoms with Crippen molar-refractivity contribution in [1.29, 1.82) is 0 Å². The van der Waals surface area contributed by atoms with E-state index in [4.69, 9.17) is 10.2 Å². The van der Waals surface area contributed by atoms with E-state index in [1.54, 1.807) is 0 Å². The third-order valence-electron chi connectivity index (χ3n) is 3.34. The number of hydrogen-bond donors (Lipinski definition) is 2. The number of halogens is 2. The van der Waals surface area contributed by atoms with Gasteiger partial charge < -0.3 is 14.8 Å². The summed E-state index contributed by atoms with van der Waals surface area (Å²) in [6.07, 6.45) is -0.595. The first-order chi connectivity index (χ1) is 9.88. The summed E-state index contributed by atoms with van der Waals surface area (Å²) in [5.41, 5.74) is -1.02. The normalized spacial score (nSPS) is 11.0. The summed E-state index contributed by atoms with van der Waals surface area (Å²) in [5.74, 6) is -2.97. The highest BCUT2D eigenvalue weighted by Gasteiger charge is 2.20. The smallest absolute Gasteiger partial charge is 0.308 e. The summed E-state index contributed by atoms with van der Waals surface area (Å²) in [6.45, 7) is 1.01. The van der Waals surface area contributed by atoms with Crippen LogP contribution < -0.4 is 5.43 Å². The van der Waals surface area contributed by atoms with Gasteiger partial charge in [-0.05, 0) is 19.1 Å². The Bertz CT molecular complexity index is 783. The number of rotatable bonds is 4. The number of carbonyl (C=O) groups is 1. The van der Waals surface area contributed by atoms with Gasteiger partial charge in [-0.2, -0.15) is 0 Å². The van der Waals surface area contributed by atoms with Crippen molar-refractivity contribution in [2.75, 3.05) is 6.61 Å². The number of aromatic nitrogens is 1. The maximum atomic E-state index is 14.0. The van der Waals surface area contributed by atoms with Crippen LogP contribution in [0.4, 0.5) is 8.78 Å².